The highest BCUT2D eigenvalue weighted by atomic mass is 16.6. The maximum atomic E-state index is 13.2. The standard InChI is InChI=1S/C23H34N2O3.C4H4O4/c1-15(2)16-7-8-18-17(13-16)19(26)20(27)21-22(3,9-5-10-23(18,21)4)14-25-28-12-6-11-24;5-3(6)1-2-4(7)8/h7-8,13-15,20-21,27H,5-6,9-12,24H2,1-4H3;1-2H,(H,5,6)(H,7,8)/b25-14+;2-1+/t20-,21?,22+,23+;/m0./s1. The normalized spacial score (nSPS) is 27.4. The van der Waals surface area contributed by atoms with E-state index < -0.39 is 23.5 Å². The lowest BCUT2D eigenvalue weighted by Crippen LogP contribution is -2.58. The van der Waals surface area contributed by atoms with Crippen LogP contribution in [0, 0.1) is 11.3 Å². The van der Waals surface area contributed by atoms with Crippen LogP contribution in [0.15, 0.2) is 35.5 Å². The van der Waals surface area contributed by atoms with Crippen molar-refractivity contribution in [1.82, 2.24) is 0 Å². The van der Waals surface area contributed by atoms with Gasteiger partial charge in [-0.15, -0.1) is 0 Å². The van der Waals surface area contributed by atoms with E-state index in [0.29, 0.717) is 36.8 Å². The van der Waals surface area contributed by atoms with Crippen LogP contribution in [0.1, 0.15) is 80.8 Å². The largest absolute Gasteiger partial charge is 0.478 e. The molecule has 0 radical (unpaired) electrons. The predicted molar refractivity (Wildman–Crippen MR) is 136 cm³/mol. The SMILES string of the molecule is CC(C)c1ccc2c(c1)C(=O)[C@H](O)C1[C@@](C)(/C=N/OCCCN)CCC[C@]21C.O=C(O)/C=C/C(=O)O. The molecule has 1 saturated carbocycles. The number of hydrogen-bond acceptors (Lipinski definition) is 7. The second kappa shape index (κ2) is 12.3. The Hall–Kier alpha value is -3.04. The van der Waals surface area contributed by atoms with Gasteiger partial charge in [0.05, 0.1) is 6.21 Å². The molecule has 2 aliphatic rings. The molecule has 198 valence electrons. The van der Waals surface area contributed by atoms with Gasteiger partial charge in [0.2, 0.25) is 0 Å². The number of benzene rings is 1. The lowest BCUT2D eigenvalue weighted by molar-refractivity contribution is -0.134. The van der Waals surface area contributed by atoms with Crippen LogP contribution < -0.4 is 5.73 Å². The molecule has 2 aliphatic carbocycles. The quantitative estimate of drug-likeness (QED) is 0.182. The summed E-state index contributed by atoms with van der Waals surface area (Å²) in [7, 11) is 0. The molecule has 1 aromatic carbocycles. The zero-order valence-electron chi connectivity index (χ0n) is 21.4. The van der Waals surface area contributed by atoms with Crippen molar-refractivity contribution in [2.45, 2.75) is 70.8 Å². The summed E-state index contributed by atoms with van der Waals surface area (Å²) in [4.78, 5) is 37.6. The summed E-state index contributed by atoms with van der Waals surface area (Å²) in [5, 5.41) is 30.9. The van der Waals surface area contributed by atoms with Crippen LogP contribution in [-0.4, -0.2) is 58.5 Å². The van der Waals surface area contributed by atoms with Crippen LogP contribution in [0.5, 0.6) is 0 Å². The van der Waals surface area contributed by atoms with Crippen LogP contribution in [0.25, 0.3) is 0 Å². The van der Waals surface area contributed by atoms with Crippen LogP contribution in [0.4, 0.5) is 0 Å². The highest BCUT2D eigenvalue weighted by Crippen LogP contribution is 2.56. The molecule has 4 atom stereocenters. The fraction of sp³-hybridized carbons (Fsp3) is 0.556. The molecule has 9 heteroatoms. The van der Waals surface area contributed by atoms with Gasteiger partial charge in [0.1, 0.15) is 12.7 Å². The third-order valence-corrected chi connectivity index (χ3v) is 7.21. The fourth-order valence-electron chi connectivity index (χ4n) is 5.47. The number of Topliss-reactive ketones (excluding diaryl/α,β-unsaturated/α-hetero) is 1. The molecule has 0 spiro atoms. The Bertz CT molecular complexity index is 1000. The zero-order valence-corrected chi connectivity index (χ0v) is 21.4. The zero-order chi connectivity index (χ0) is 27.1. The highest BCUT2D eigenvalue weighted by Gasteiger charge is 2.57. The molecule has 0 aromatic heterocycles. The number of carbonyl (C=O) groups excluding carboxylic acids is 1. The average molecular weight is 503 g/mol. The molecule has 5 N–H and O–H groups in total. The minimum absolute atomic E-state index is 0.162. The lowest BCUT2D eigenvalue weighted by Gasteiger charge is -2.55. The molecule has 0 heterocycles. The van der Waals surface area contributed by atoms with Crippen molar-refractivity contribution in [1.29, 1.82) is 0 Å². The first kappa shape index (κ1) is 29.2. The van der Waals surface area contributed by atoms with Gasteiger partial charge in [-0.3, -0.25) is 4.79 Å². The highest BCUT2D eigenvalue weighted by molar-refractivity contribution is 6.03. The number of aliphatic hydroxyl groups is 1. The van der Waals surface area contributed by atoms with E-state index >= 15 is 0 Å². The van der Waals surface area contributed by atoms with Crippen molar-refractivity contribution in [3.8, 4) is 0 Å². The van der Waals surface area contributed by atoms with Crippen molar-refractivity contribution in [2.75, 3.05) is 13.2 Å². The Labute approximate surface area is 212 Å². The number of carboxylic acids is 2. The Morgan fingerprint density at radius 1 is 1.19 bits per heavy atom. The van der Waals surface area contributed by atoms with Gasteiger partial charge in [-0.1, -0.05) is 51.4 Å². The van der Waals surface area contributed by atoms with Crippen LogP contribution in [0.3, 0.4) is 0 Å². The molecule has 3 rings (SSSR count). The van der Waals surface area contributed by atoms with Crippen molar-refractivity contribution < 1.29 is 34.5 Å². The van der Waals surface area contributed by atoms with Crippen molar-refractivity contribution >= 4 is 23.9 Å². The number of nitrogens with two attached hydrogens (primary N) is 1. The van der Waals surface area contributed by atoms with Gasteiger partial charge >= 0.3 is 11.9 Å². The van der Waals surface area contributed by atoms with Crippen molar-refractivity contribution in [3.63, 3.8) is 0 Å². The maximum Gasteiger partial charge on any atom is 0.328 e. The molecule has 0 bridgehead atoms. The first-order valence-electron chi connectivity index (χ1n) is 12.2. The molecular formula is C27H38N2O7. The smallest absolute Gasteiger partial charge is 0.328 e. The first-order chi connectivity index (χ1) is 16.9. The number of oxime groups is 1. The molecule has 1 aromatic rings. The summed E-state index contributed by atoms with van der Waals surface area (Å²) in [6, 6.07) is 6.23. The minimum Gasteiger partial charge on any atom is -0.478 e. The summed E-state index contributed by atoms with van der Waals surface area (Å²) < 4.78 is 0. The second-order valence-electron chi connectivity index (χ2n) is 10.2. The van der Waals surface area contributed by atoms with Crippen LogP contribution in [0.2, 0.25) is 0 Å². The molecule has 0 saturated heterocycles. The molecule has 36 heavy (non-hydrogen) atoms. The Balaban J connectivity index is 0.000000493. The fourth-order valence-corrected chi connectivity index (χ4v) is 5.47. The van der Waals surface area contributed by atoms with Gasteiger partial charge in [0.25, 0.3) is 0 Å². The van der Waals surface area contributed by atoms with E-state index in [-0.39, 0.29) is 17.1 Å². The molecule has 1 unspecified atom stereocenters. The summed E-state index contributed by atoms with van der Waals surface area (Å²) in [5.74, 6) is -2.55. The number of hydrogen-bond donors (Lipinski definition) is 4. The summed E-state index contributed by atoms with van der Waals surface area (Å²) in [5.41, 5.74) is 7.71. The van der Waals surface area contributed by atoms with Gasteiger partial charge in [-0.05, 0) is 54.3 Å². The topological polar surface area (TPSA) is 160 Å². The van der Waals surface area contributed by atoms with E-state index in [1.54, 1.807) is 0 Å². The van der Waals surface area contributed by atoms with E-state index in [1.165, 1.54) is 0 Å². The Morgan fingerprint density at radius 2 is 1.83 bits per heavy atom. The van der Waals surface area contributed by atoms with E-state index in [2.05, 4.69) is 45.0 Å². The molecular weight excluding hydrogens is 464 g/mol. The number of rotatable bonds is 8. The number of fused-ring (bicyclic) bond motifs is 3. The maximum absolute atomic E-state index is 13.2. The van der Waals surface area contributed by atoms with Crippen molar-refractivity contribution in [3.05, 3.63) is 47.0 Å². The van der Waals surface area contributed by atoms with E-state index in [1.807, 2.05) is 12.3 Å². The summed E-state index contributed by atoms with van der Waals surface area (Å²) in [6.07, 6.45) is 5.50. The average Bonchev–Trinajstić information content (AvgIpc) is 2.81. The van der Waals surface area contributed by atoms with Gasteiger partial charge in [0.15, 0.2) is 5.78 Å². The summed E-state index contributed by atoms with van der Waals surface area (Å²) in [6.45, 7) is 9.57. The lowest BCUT2D eigenvalue weighted by atomic mass is 9.49. The van der Waals surface area contributed by atoms with Crippen LogP contribution in [-0.2, 0) is 19.8 Å². The third-order valence-electron chi connectivity index (χ3n) is 7.21. The number of carboxylic acid groups (broad SMARTS) is 2. The van der Waals surface area contributed by atoms with E-state index in [0.717, 1.165) is 36.8 Å². The third kappa shape index (κ3) is 6.59. The summed E-state index contributed by atoms with van der Waals surface area (Å²) >= 11 is 0. The molecule has 0 amide bonds. The second-order valence-corrected chi connectivity index (χ2v) is 10.2. The van der Waals surface area contributed by atoms with Gasteiger partial charge in [-0.25, -0.2) is 9.59 Å². The Morgan fingerprint density at radius 3 is 2.39 bits per heavy atom. The van der Waals surface area contributed by atoms with Crippen LogP contribution >= 0.6 is 0 Å². The predicted octanol–water partition coefficient (Wildman–Crippen LogP) is 3.49. The van der Waals surface area contributed by atoms with E-state index in [9.17, 15) is 19.5 Å². The molecule has 9 nitrogen and oxygen atoms in total. The minimum atomic E-state index is -1.26. The Kier molecular flexibility index (Phi) is 9.95. The first-order valence-corrected chi connectivity index (χ1v) is 12.2. The monoisotopic (exact) mass is 502 g/mol. The number of carbonyl (C=O) groups is 3. The van der Waals surface area contributed by atoms with E-state index in [4.69, 9.17) is 20.8 Å². The number of nitrogens with zero attached hydrogens (tertiary/aromatic N) is 1. The van der Waals surface area contributed by atoms with Gasteiger partial charge in [-0.2, -0.15) is 0 Å². The number of aliphatic carboxylic acids is 2. The van der Waals surface area contributed by atoms with Gasteiger partial charge < -0.3 is 25.9 Å². The number of aliphatic hydroxyl groups excluding tert-OH is 1. The van der Waals surface area contributed by atoms with Gasteiger partial charge in [0, 0.05) is 29.0 Å². The molecule has 1 fully saturated rings. The molecule has 0 aliphatic heterocycles. The van der Waals surface area contributed by atoms with Crippen molar-refractivity contribution in [2.24, 2.45) is 22.2 Å². The number of ketones is 1.